The van der Waals surface area contributed by atoms with Gasteiger partial charge in [0.1, 0.15) is 17.3 Å². The Morgan fingerprint density at radius 2 is 1.64 bits per heavy atom. The summed E-state index contributed by atoms with van der Waals surface area (Å²) < 4.78 is 10.7. The quantitative estimate of drug-likeness (QED) is 0.329. The van der Waals surface area contributed by atoms with Gasteiger partial charge < -0.3 is 14.6 Å². The molecule has 3 aromatic rings. The van der Waals surface area contributed by atoms with Crippen LogP contribution in [0.5, 0.6) is 11.5 Å². The summed E-state index contributed by atoms with van der Waals surface area (Å²) in [6, 6.07) is 20.5. The summed E-state index contributed by atoms with van der Waals surface area (Å²) in [5.74, 6) is -0.361. The smallest absolute Gasteiger partial charge is 0.300 e. The largest absolute Gasteiger partial charge is 0.507 e. The highest BCUT2D eigenvalue weighted by Crippen LogP contribution is 2.42. The van der Waals surface area contributed by atoms with Gasteiger partial charge in [-0.2, -0.15) is 0 Å². The maximum absolute atomic E-state index is 13.2. The van der Waals surface area contributed by atoms with Gasteiger partial charge in [-0.05, 0) is 67.9 Å². The van der Waals surface area contributed by atoms with Gasteiger partial charge in [0.05, 0.1) is 25.3 Å². The highest BCUT2D eigenvalue weighted by molar-refractivity contribution is 6.51. The van der Waals surface area contributed by atoms with E-state index in [9.17, 15) is 14.7 Å². The Balaban J connectivity index is 1.88. The fraction of sp³-hybridized carbons (Fsp3) is 0.185. The van der Waals surface area contributed by atoms with E-state index >= 15 is 0 Å². The number of ketones is 1. The Morgan fingerprint density at radius 1 is 0.970 bits per heavy atom. The molecular weight excluding hydrogens is 418 g/mol. The van der Waals surface area contributed by atoms with Crippen molar-refractivity contribution in [1.29, 1.82) is 0 Å². The van der Waals surface area contributed by atoms with Crippen LogP contribution in [0, 0.1) is 6.92 Å². The number of nitrogens with zero attached hydrogens (tertiary/aromatic N) is 1. The standard InChI is InChI=1S/C27H25NO5/c1-4-33-22-14-10-20(11-15-22)28-24(19-7-5-6-17(2)16-19)23(26(30)27(28)31)25(29)18-8-12-21(32-3)13-9-18/h5-16,24,29H,4H2,1-3H3/b25-23-. The average molecular weight is 443 g/mol. The molecule has 1 amide bonds. The summed E-state index contributed by atoms with van der Waals surface area (Å²) in [6.45, 7) is 4.36. The van der Waals surface area contributed by atoms with Crippen molar-refractivity contribution in [2.75, 3.05) is 18.6 Å². The number of anilines is 1. The molecule has 0 aliphatic carbocycles. The molecule has 1 aliphatic rings. The molecule has 1 N–H and O–H groups in total. The maximum Gasteiger partial charge on any atom is 0.300 e. The van der Waals surface area contributed by atoms with Crippen molar-refractivity contribution < 1.29 is 24.2 Å². The topological polar surface area (TPSA) is 76.1 Å². The monoisotopic (exact) mass is 443 g/mol. The van der Waals surface area contributed by atoms with Gasteiger partial charge in [0.15, 0.2) is 0 Å². The number of hydrogen-bond acceptors (Lipinski definition) is 5. The summed E-state index contributed by atoms with van der Waals surface area (Å²) in [6.07, 6.45) is 0. The molecule has 33 heavy (non-hydrogen) atoms. The maximum atomic E-state index is 13.2. The predicted molar refractivity (Wildman–Crippen MR) is 127 cm³/mol. The molecule has 0 aromatic heterocycles. The van der Waals surface area contributed by atoms with E-state index in [4.69, 9.17) is 9.47 Å². The van der Waals surface area contributed by atoms with Crippen molar-refractivity contribution in [1.82, 2.24) is 0 Å². The number of ether oxygens (including phenoxy) is 2. The second-order valence-corrected chi connectivity index (χ2v) is 7.74. The lowest BCUT2D eigenvalue weighted by atomic mass is 9.94. The van der Waals surface area contributed by atoms with Crippen molar-refractivity contribution in [3.63, 3.8) is 0 Å². The van der Waals surface area contributed by atoms with Crippen LogP contribution in [-0.2, 0) is 9.59 Å². The second-order valence-electron chi connectivity index (χ2n) is 7.74. The summed E-state index contributed by atoms with van der Waals surface area (Å²) >= 11 is 0. The van der Waals surface area contributed by atoms with E-state index < -0.39 is 17.7 Å². The van der Waals surface area contributed by atoms with Crippen LogP contribution in [0.2, 0.25) is 0 Å². The third kappa shape index (κ3) is 4.20. The fourth-order valence-corrected chi connectivity index (χ4v) is 4.03. The number of carbonyl (C=O) groups excluding carboxylic acids is 2. The number of methoxy groups -OCH3 is 1. The highest BCUT2D eigenvalue weighted by atomic mass is 16.5. The number of benzene rings is 3. The van der Waals surface area contributed by atoms with E-state index in [1.54, 1.807) is 55.6 Å². The lowest BCUT2D eigenvalue weighted by Gasteiger charge is -2.26. The minimum atomic E-state index is -0.773. The minimum Gasteiger partial charge on any atom is -0.507 e. The first-order chi connectivity index (χ1) is 15.9. The minimum absolute atomic E-state index is 0.0460. The predicted octanol–water partition coefficient (Wildman–Crippen LogP) is 5.03. The van der Waals surface area contributed by atoms with Gasteiger partial charge in [-0.15, -0.1) is 0 Å². The Kier molecular flexibility index (Phi) is 6.18. The molecule has 0 spiro atoms. The van der Waals surface area contributed by atoms with E-state index in [0.717, 1.165) is 11.1 Å². The SMILES string of the molecule is CCOc1ccc(N2C(=O)C(=O)/C(=C(\O)c3ccc(OC)cc3)C2c2cccc(C)c2)cc1. The van der Waals surface area contributed by atoms with Crippen molar-refractivity contribution in [3.05, 3.63) is 95.1 Å². The molecule has 168 valence electrons. The van der Waals surface area contributed by atoms with Crippen molar-refractivity contribution in [3.8, 4) is 11.5 Å². The number of rotatable bonds is 6. The van der Waals surface area contributed by atoms with Crippen molar-refractivity contribution >= 4 is 23.1 Å². The Morgan fingerprint density at radius 3 is 2.24 bits per heavy atom. The molecule has 1 atom stereocenters. The van der Waals surface area contributed by atoms with Crippen LogP contribution in [0.25, 0.3) is 5.76 Å². The zero-order valence-corrected chi connectivity index (χ0v) is 18.7. The summed E-state index contributed by atoms with van der Waals surface area (Å²) in [5.41, 5.74) is 2.73. The van der Waals surface area contributed by atoms with Gasteiger partial charge in [0.2, 0.25) is 0 Å². The molecule has 1 unspecified atom stereocenters. The number of aliphatic hydroxyl groups excluding tert-OH is 1. The van der Waals surface area contributed by atoms with Crippen LogP contribution in [0.1, 0.15) is 29.7 Å². The van der Waals surface area contributed by atoms with Crippen LogP contribution in [0.15, 0.2) is 78.4 Å². The van der Waals surface area contributed by atoms with Crippen LogP contribution in [0.4, 0.5) is 5.69 Å². The van der Waals surface area contributed by atoms with Gasteiger partial charge in [0.25, 0.3) is 11.7 Å². The average Bonchev–Trinajstić information content (AvgIpc) is 3.10. The lowest BCUT2D eigenvalue weighted by Crippen LogP contribution is -2.29. The summed E-state index contributed by atoms with van der Waals surface area (Å²) in [4.78, 5) is 27.9. The summed E-state index contributed by atoms with van der Waals surface area (Å²) in [7, 11) is 1.55. The first-order valence-electron chi connectivity index (χ1n) is 10.7. The molecule has 3 aromatic carbocycles. The Labute approximate surface area is 192 Å². The van der Waals surface area contributed by atoms with Crippen LogP contribution in [-0.4, -0.2) is 30.5 Å². The lowest BCUT2D eigenvalue weighted by molar-refractivity contribution is -0.132. The highest BCUT2D eigenvalue weighted by Gasteiger charge is 2.47. The van der Waals surface area contributed by atoms with Crippen molar-refractivity contribution in [2.45, 2.75) is 19.9 Å². The first kappa shape index (κ1) is 22.1. The molecular formula is C27H25NO5. The summed E-state index contributed by atoms with van der Waals surface area (Å²) in [5, 5.41) is 11.2. The number of carbonyl (C=O) groups is 2. The normalized spacial score (nSPS) is 17.3. The number of amides is 1. The van der Waals surface area contributed by atoms with Crippen molar-refractivity contribution in [2.24, 2.45) is 0 Å². The number of aliphatic hydroxyl groups is 1. The first-order valence-corrected chi connectivity index (χ1v) is 10.7. The zero-order valence-electron chi connectivity index (χ0n) is 18.7. The van der Waals surface area contributed by atoms with E-state index in [1.165, 1.54) is 4.90 Å². The van der Waals surface area contributed by atoms with E-state index in [1.807, 2.05) is 38.1 Å². The molecule has 4 rings (SSSR count). The molecule has 0 saturated carbocycles. The van der Waals surface area contributed by atoms with Crippen LogP contribution in [0.3, 0.4) is 0 Å². The molecule has 1 heterocycles. The van der Waals surface area contributed by atoms with Gasteiger partial charge in [-0.3, -0.25) is 14.5 Å². The van der Waals surface area contributed by atoms with Gasteiger partial charge in [0, 0.05) is 11.3 Å². The molecule has 1 saturated heterocycles. The molecule has 6 nitrogen and oxygen atoms in total. The van der Waals surface area contributed by atoms with Gasteiger partial charge in [-0.25, -0.2) is 0 Å². The molecule has 1 aliphatic heterocycles. The Bertz CT molecular complexity index is 1210. The van der Waals surface area contributed by atoms with Crippen LogP contribution >= 0.6 is 0 Å². The van der Waals surface area contributed by atoms with E-state index in [0.29, 0.717) is 29.4 Å². The molecule has 0 radical (unpaired) electrons. The van der Waals surface area contributed by atoms with Gasteiger partial charge >= 0.3 is 0 Å². The number of hydrogen-bond donors (Lipinski definition) is 1. The number of Topliss-reactive ketones (excluding diaryl/α,β-unsaturated/α-hetero) is 1. The second kappa shape index (κ2) is 9.20. The fourth-order valence-electron chi connectivity index (χ4n) is 4.03. The van der Waals surface area contributed by atoms with E-state index in [-0.39, 0.29) is 11.3 Å². The van der Waals surface area contributed by atoms with Crippen LogP contribution < -0.4 is 14.4 Å². The number of aryl methyl sites for hydroxylation is 1. The van der Waals surface area contributed by atoms with E-state index in [2.05, 4.69) is 0 Å². The molecule has 1 fully saturated rings. The molecule has 6 heteroatoms. The molecule has 0 bridgehead atoms. The Hall–Kier alpha value is -4.06. The third-order valence-electron chi connectivity index (χ3n) is 5.59. The van der Waals surface area contributed by atoms with Gasteiger partial charge in [-0.1, -0.05) is 29.8 Å². The zero-order chi connectivity index (χ0) is 23.5. The third-order valence-corrected chi connectivity index (χ3v) is 5.59.